The fourth-order valence-corrected chi connectivity index (χ4v) is 1.97. The number of aryl methyl sites for hydroxylation is 1. The van der Waals surface area contributed by atoms with Crippen LogP contribution in [0.1, 0.15) is 18.4 Å². The van der Waals surface area contributed by atoms with Crippen LogP contribution in [0.5, 0.6) is 5.75 Å². The Balaban J connectivity index is 2.24. The third kappa shape index (κ3) is 2.76. The van der Waals surface area contributed by atoms with Gasteiger partial charge in [-0.05, 0) is 44.5 Å². The molecule has 0 aliphatic carbocycles. The van der Waals surface area contributed by atoms with Gasteiger partial charge in [0.25, 0.3) is 0 Å². The summed E-state index contributed by atoms with van der Waals surface area (Å²) in [5.41, 5.74) is 0.0427. The van der Waals surface area contributed by atoms with E-state index in [1.54, 1.807) is 6.92 Å². The first-order valence-corrected chi connectivity index (χ1v) is 5.90. The minimum atomic E-state index is -0.612. The summed E-state index contributed by atoms with van der Waals surface area (Å²) >= 11 is 0. The Kier molecular flexibility index (Phi) is 3.76. The second-order valence-electron chi connectivity index (χ2n) is 4.39. The van der Waals surface area contributed by atoms with Crippen molar-refractivity contribution in [1.29, 1.82) is 0 Å². The number of nitro groups is 1. The van der Waals surface area contributed by atoms with Crippen molar-refractivity contribution < 1.29 is 14.1 Å². The molecule has 6 heteroatoms. The van der Waals surface area contributed by atoms with Crippen LogP contribution in [0.15, 0.2) is 12.1 Å². The molecule has 0 spiro atoms. The van der Waals surface area contributed by atoms with Crippen molar-refractivity contribution in [2.75, 3.05) is 13.1 Å². The lowest BCUT2D eigenvalue weighted by atomic mass is 10.1. The molecular weight excluding hydrogens is 239 g/mol. The van der Waals surface area contributed by atoms with Crippen molar-refractivity contribution in [3.05, 3.63) is 33.6 Å². The number of hydrogen-bond acceptors (Lipinski definition) is 4. The maximum Gasteiger partial charge on any atom is 0.313 e. The third-order valence-electron chi connectivity index (χ3n) is 3.02. The van der Waals surface area contributed by atoms with Crippen molar-refractivity contribution in [2.45, 2.75) is 25.9 Å². The van der Waals surface area contributed by atoms with E-state index in [9.17, 15) is 14.5 Å². The smallest absolute Gasteiger partial charge is 0.313 e. The Hall–Kier alpha value is -1.69. The van der Waals surface area contributed by atoms with Crippen LogP contribution < -0.4 is 10.1 Å². The Morgan fingerprint density at radius 2 is 2.11 bits per heavy atom. The molecule has 0 atom stereocenters. The molecule has 1 heterocycles. The van der Waals surface area contributed by atoms with Gasteiger partial charge in [0.05, 0.1) is 11.0 Å². The van der Waals surface area contributed by atoms with Crippen molar-refractivity contribution >= 4 is 5.69 Å². The third-order valence-corrected chi connectivity index (χ3v) is 3.02. The van der Waals surface area contributed by atoms with Crippen LogP contribution in [-0.2, 0) is 0 Å². The molecular formula is C12H15FN2O3. The number of piperidine rings is 1. The number of benzene rings is 1. The molecule has 1 aromatic carbocycles. The van der Waals surface area contributed by atoms with Crippen molar-refractivity contribution in [3.63, 3.8) is 0 Å². The first-order valence-electron chi connectivity index (χ1n) is 5.90. The van der Waals surface area contributed by atoms with Gasteiger partial charge >= 0.3 is 5.69 Å². The lowest BCUT2D eigenvalue weighted by Gasteiger charge is -2.23. The van der Waals surface area contributed by atoms with Gasteiger partial charge in [0.2, 0.25) is 0 Å². The normalized spacial score (nSPS) is 16.6. The average molecular weight is 254 g/mol. The minimum Gasteiger partial charge on any atom is -0.483 e. The molecule has 0 amide bonds. The van der Waals surface area contributed by atoms with E-state index >= 15 is 0 Å². The molecule has 98 valence electrons. The standard InChI is InChI=1S/C12H15FN2O3/c1-8-6-12(11(15(16)17)7-10(8)13)18-9-2-4-14-5-3-9/h6-7,9,14H,2-5H2,1H3. The van der Waals surface area contributed by atoms with Crippen molar-refractivity contribution in [1.82, 2.24) is 5.32 Å². The highest BCUT2D eigenvalue weighted by molar-refractivity contribution is 5.49. The summed E-state index contributed by atoms with van der Waals surface area (Å²) in [6.07, 6.45) is 1.55. The van der Waals surface area contributed by atoms with E-state index in [0.717, 1.165) is 32.0 Å². The molecule has 1 fully saturated rings. The van der Waals surface area contributed by atoms with E-state index in [-0.39, 0.29) is 17.5 Å². The number of nitrogens with zero attached hydrogens (tertiary/aromatic N) is 1. The molecule has 0 aromatic heterocycles. The molecule has 0 saturated carbocycles. The fraction of sp³-hybridized carbons (Fsp3) is 0.500. The van der Waals surface area contributed by atoms with Gasteiger partial charge in [0.15, 0.2) is 5.75 Å². The van der Waals surface area contributed by atoms with Crippen LogP contribution in [0, 0.1) is 22.9 Å². The fourth-order valence-electron chi connectivity index (χ4n) is 1.97. The minimum absolute atomic E-state index is 0.0465. The van der Waals surface area contributed by atoms with Crippen LogP contribution in [0.2, 0.25) is 0 Å². The molecule has 18 heavy (non-hydrogen) atoms. The Labute approximate surface area is 104 Å². The van der Waals surface area contributed by atoms with Gasteiger partial charge in [-0.2, -0.15) is 0 Å². The Morgan fingerprint density at radius 3 is 2.72 bits per heavy atom. The summed E-state index contributed by atoms with van der Waals surface area (Å²) in [6.45, 7) is 3.23. The Morgan fingerprint density at radius 1 is 1.44 bits per heavy atom. The monoisotopic (exact) mass is 254 g/mol. The van der Waals surface area contributed by atoms with E-state index in [1.807, 2.05) is 0 Å². The Bertz CT molecular complexity index is 459. The molecule has 1 saturated heterocycles. The summed E-state index contributed by atoms with van der Waals surface area (Å²) in [5.74, 6) is -0.426. The highest BCUT2D eigenvalue weighted by Gasteiger charge is 2.22. The molecule has 5 nitrogen and oxygen atoms in total. The van der Waals surface area contributed by atoms with Gasteiger partial charge in [0.1, 0.15) is 11.9 Å². The van der Waals surface area contributed by atoms with Crippen LogP contribution in [0.25, 0.3) is 0 Å². The second-order valence-corrected chi connectivity index (χ2v) is 4.39. The summed E-state index contributed by atoms with van der Waals surface area (Å²) < 4.78 is 19.0. The van der Waals surface area contributed by atoms with Gasteiger partial charge in [-0.25, -0.2) is 4.39 Å². The first-order chi connectivity index (χ1) is 8.58. The van der Waals surface area contributed by atoms with Gasteiger partial charge in [-0.15, -0.1) is 0 Å². The van der Waals surface area contributed by atoms with E-state index in [1.165, 1.54) is 6.07 Å². The maximum atomic E-state index is 13.3. The maximum absolute atomic E-state index is 13.3. The van der Waals surface area contributed by atoms with Crippen LogP contribution >= 0.6 is 0 Å². The molecule has 1 aliphatic heterocycles. The number of hydrogen-bond donors (Lipinski definition) is 1. The highest BCUT2D eigenvalue weighted by atomic mass is 19.1. The second kappa shape index (κ2) is 5.30. The van der Waals surface area contributed by atoms with Crippen LogP contribution in [0.4, 0.5) is 10.1 Å². The predicted molar refractivity (Wildman–Crippen MR) is 64.3 cm³/mol. The van der Waals surface area contributed by atoms with Crippen molar-refractivity contribution in [3.8, 4) is 5.75 Å². The first kappa shape index (κ1) is 12.8. The van der Waals surface area contributed by atoms with Gasteiger partial charge in [0, 0.05) is 0 Å². The zero-order valence-corrected chi connectivity index (χ0v) is 10.1. The SMILES string of the molecule is Cc1cc(OC2CCNCC2)c([N+](=O)[O-])cc1F. The lowest BCUT2D eigenvalue weighted by molar-refractivity contribution is -0.386. The van der Waals surface area contributed by atoms with Gasteiger partial charge in [-0.3, -0.25) is 10.1 Å². The van der Waals surface area contributed by atoms with Gasteiger partial charge in [-0.1, -0.05) is 0 Å². The number of nitro benzene ring substituents is 1. The van der Waals surface area contributed by atoms with E-state index in [0.29, 0.717) is 5.56 Å². The molecule has 0 bridgehead atoms. The van der Waals surface area contributed by atoms with Crippen LogP contribution in [0.3, 0.4) is 0 Å². The zero-order chi connectivity index (χ0) is 13.1. The average Bonchev–Trinajstić information content (AvgIpc) is 2.34. The number of halogens is 1. The largest absolute Gasteiger partial charge is 0.483 e. The molecule has 0 unspecified atom stereocenters. The topological polar surface area (TPSA) is 64.4 Å². The number of ether oxygens (including phenoxy) is 1. The predicted octanol–water partition coefficient (Wildman–Crippen LogP) is 2.17. The quantitative estimate of drug-likeness (QED) is 0.663. The summed E-state index contributed by atoms with van der Waals surface area (Å²) in [6, 6.07) is 2.32. The van der Waals surface area contributed by atoms with Crippen LogP contribution in [-0.4, -0.2) is 24.1 Å². The summed E-state index contributed by atoms with van der Waals surface area (Å²) in [7, 11) is 0. The van der Waals surface area contributed by atoms with E-state index < -0.39 is 10.7 Å². The molecule has 1 N–H and O–H groups in total. The molecule has 1 aliphatic rings. The zero-order valence-electron chi connectivity index (χ0n) is 10.1. The molecule has 0 radical (unpaired) electrons. The summed E-state index contributed by atoms with van der Waals surface area (Å²) in [5, 5.41) is 14.1. The number of nitrogens with one attached hydrogen (secondary N) is 1. The molecule has 2 rings (SSSR count). The van der Waals surface area contributed by atoms with Gasteiger partial charge < -0.3 is 10.1 Å². The summed E-state index contributed by atoms with van der Waals surface area (Å²) in [4.78, 5) is 10.3. The highest BCUT2D eigenvalue weighted by Crippen LogP contribution is 2.31. The van der Waals surface area contributed by atoms with Crippen molar-refractivity contribution in [2.24, 2.45) is 0 Å². The van der Waals surface area contributed by atoms with E-state index in [4.69, 9.17) is 4.74 Å². The molecule has 1 aromatic rings. The van der Waals surface area contributed by atoms with E-state index in [2.05, 4.69) is 5.32 Å². The lowest BCUT2D eigenvalue weighted by Crippen LogP contribution is -2.34. The number of rotatable bonds is 3.